The van der Waals surface area contributed by atoms with Crippen molar-refractivity contribution < 1.29 is 0 Å². The van der Waals surface area contributed by atoms with E-state index in [1.165, 1.54) is 97.1 Å². The number of piperidine rings is 1. The van der Waals surface area contributed by atoms with Crippen LogP contribution in [0.3, 0.4) is 0 Å². The minimum Gasteiger partial charge on any atom is -0.355 e. The normalized spacial score (nSPS) is 25.1. The molecule has 3 rings (SSSR count). The molecular weight excluding hydrogens is 475 g/mol. The molecule has 0 spiro atoms. The standard InChI is InChI=1S/C22H44N6.HI/c1-23-21(24-12-17-27-14-9-13-26(2)18-19-27)25-20-22(10-5-3-6-11-22)28-15-7-4-8-16-28;/h3-20H2,1-2H3,(H2,23,24,25);1H. The lowest BCUT2D eigenvalue weighted by molar-refractivity contribution is 0.0368. The van der Waals surface area contributed by atoms with Gasteiger partial charge in [-0.05, 0) is 65.3 Å². The van der Waals surface area contributed by atoms with Gasteiger partial charge in [0.1, 0.15) is 0 Å². The highest BCUT2D eigenvalue weighted by Crippen LogP contribution is 2.35. The second kappa shape index (κ2) is 13.3. The molecule has 3 aliphatic rings. The van der Waals surface area contributed by atoms with E-state index in [1.807, 2.05) is 7.05 Å². The molecule has 1 saturated carbocycles. The first kappa shape index (κ1) is 25.1. The van der Waals surface area contributed by atoms with Crippen molar-refractivity contribution in [2.45, 2.75) is 63.3 Å². The Kier molecular flexibility index (Phi) is 11.6. The van der Waals surface area contributed by atoms with E-state index in [0.29, 0.717) is 5.54 Å². The molecule has 3 fully saturated rings. The van der Waals surface area contributed by atoms with E-state index in [2.05, 4.69) is 37.4 Å². The monoisotopic (exact) mass is 520 g/mol. The van der Waals surface area contributed by atoms with Gasteiger partial charge in [-0.25, -0.2) is 0 Å². The maximum Gasteiger partial charge on any atom is 0.191 e. The summed E-state index contributed by atoms with van der Waals surface area (Å²) >= 11 is 0. The molecule has 0 atom stereocenters. The number of likely N-dealkylation sites (tertiary alicyclic amines) is 1. The first-order valence-electron chi connectivity index (χ1n) is 11.8. The van der Waals surface area contributed by atoms with Gasteiger partial charge in [-0.1, -0.05) is 25.7 Å². The molecule has 0 aromatic heterocycles. The zero-order valence-electron chi connectivity index (χ0n) is 18.9. The molecule has 0 amide bonds. The van der Waals surface area contributed by atoms with Gasteiger partial charge in [0.2, 0.25) is 0 Å². The number of guanidine groups is 1. The van der Waals surface area contributed by atoms with Crippen LogP contribution < -0.4 is 10.6 Å². The smallest absolute Gasteiger partial charge is 0.191 e. The number of hydrogen-bond acceptors (Lipinski definition) is 4. The van der Waals surface area contributed by atoms with E-state index in [0.717, 1.165) is 25.6 Å². The van der Waals surface area contributed by atoms with Gasteiger partial charge in [0, 0.05) is 45.3 Å². The van der Waals surface area contributed by atoms with Gasteiger partial charge in [0.25, 0.3) is 0 Å². The molecule has 170 valence electrons. The number of likely N-dealkylation sites (N-methyl/N-ethyl adjacent to an activating group) is 1. The number of nitrogens with one attached hydrogen (secondary N) is 2. The van der Waals surface area contributed by atoms with Crippen LogP contribution >= 0.6 is 24.0 Å². The fourth-order valence-corrected chi connectivity index (χ4v) is 5.31. The van der Waals surface area contributed by atoms with Gasteiger partial charge < -0.3 is 20.4 Å². The zero-order chi connectivity index (χ0) is 19.7. The highest BCUT2D eigenvalue weighted by Gasteiger charge is 2.38. The average molecular weight is 521 g/mol. The van der Waals surface area contributed by atoms with Gasteiger partial charge in [0.05, 0.1) is 0 Å². The van der Waals surface area contributed by atoms with Gasteiger partial charge in [-0.15, -0.1) is 24.0 Å². The Morgan fingerprint density at radius 2 is 1.55 bits per heavy atom. The largest absolute Gasteiger partial charge is 0.355 e. The summed E-state index contributed by atoms with van der Waals surface area (Å²) in [6, 6.07) is 0. The van der Waals surface area contributed by atoms with E-state index in [9.17, 15) is 0 Å². The Morgan fingerprint density at radius 1 is 0.828 bits per heavy atom. The Balaban J connectivity index is 0.00000300. The SMILES string of the molecule is CN=C(NCCN1CCCN(C)CC1)NCC1(N2CCCCC2)CCCCC1.I. The Morgan fingerprint density at radius 3 is 2.28 bits per heavy atom. The first-order valence-corrected chi connectivity index (χ1v) is 11.8. The van der Waals surface area contributed by atoms with Crippen molar-refractivity contribution in [2.75, 3.05) is 73.0 Å². The van der Waals surface area contributed by atoms with Crippen LogP contribution in [0.1, 0.15) is 57.8 Å². The topological polar surface area (TPSA) is 46.1 Å². The van der Waals surface area contributed by atoms with Crippen LogP contribution in [0, 0.1) is 0 Å². The maximum absolute atomic E-state index is 4.51. The van der Waals surface area contributed by atoms with Gasteiger partial charge in [-0.2, -0.15) is 0 Å². The second-order valence-electron chi connectivity index (χ2n) is 9.18. The van der Waals surface area contributed by atoms with Crippen molar-refractivity contribution in [3.8, 4) is 0 Å². The summed E-state index contributed by atoms with van der Waals surface area (Å²) in [5, 5.41) is 7.28. The summed E-state index contributed by atoms with van der Waals surface area (Å²) in [5.74, 6) is 0.980. The van der Waals surface area contributed by atoms with Crippen molar-refractivity contribution in [3.63, 3.8) is 0 Å². The van der Waals surface area contributed by atoms with Crippen molar-refractivity contribution in [2.24, 2.45) is 4.99 Å². The molecule has 7 heteroatoms. The van der Waals surface area contributed by atoms with Crippen LogP contribution in [0.2, 0.25) is 0 Å². The fourth-order valence-electron chi connectivity index (χ4n) is 5.31. The second-order valence-corrected chi connectivity index (χ2v) is 9.18. The van der Waals surface area contributed by atoms with Crippen LogP contribution in [-0.4, -0.2) is 99.2 Å². The van der Waals surface area contributed by atoms with E-state index in [1.54, 1.807) is 0 Å². The van der Waals surface area contributed by atoms with Crippen LogP contribution in [0.5, 0.6) is 0 Å². The predicted octanol–water partition coefficient (Wildman–Crippen LogP) is 2.60. The lowest BCUT2D eigenvalue weighted by atomic mass is 9.79. The minimum atomic E-state index is 0. The highest BCUT2D eigenvalue weighted by atomic mass is 127. The third-order valence-electron chi connectivity index (χ3n) is 7.15. The minimum absolute atomic E-state index is 0. The lowest BCUT2D eigenvalue weighted by Gasteiger charge is -2.48. The third kappa shape index (κ3) is 7.82. The van der Waals surface area contributed by atoms with Crippen molar-refractivity contribution >= 4 is 29.9 Å². The molecule has 0 bridgehead atoms. The molecule has 0 unspecified atom stereocenters. The predicted molar refractivity (Wildman–Crippen MR) is 135 cm³/mol. The molecule has 2 aliphatic heterocycles. The zero-order valence-corrected chi connectivity index (χ0v) is 21.3. The Labute approximate surface area is 196 Å². The van der Waals surface area contributed by atoms with Crippen molar-refractivity contribution in [1.29, 1.82) is 0 Å². The third-order valence-corrected chi connectivity index (χ3v) is 7.15. The molecule has 0 aromatic rings. The van der Waals surface area contributed by atoms with E-state index in [4.69, 9.17) is 0 Å². The van der Waals surface area contributed by atoms with Gasteiger partial charge in [0.15, 0.2) is 5.96 Å². The summed E-state index contributed by atoms with van der Waals surface area (Å²) in [4.78, 5) is 12.3. The Hall–Kier alpha value is -0.120. The van der Waals surface area contributed by atoms with E-state index in [-0.39, 0.29) is 24.0 Å². The number of hydrogen-bond donors (Lipinski definition) is 2. The molecule has 29 heavy (non-hydrogen) atoms. The number of aliphatic imine (C=N–C) groups is 1. The van der Waals surface area contributed by atoms with Crippen molar-refractivity contribution in [3.05, 3.63) is 0 Å². The number of nitrogens with zero attached hydrogens (tertiary/aromatic N) is 4. The van der Waals surface area contributed by atoms with Crippen LogP contribution in [-0.2, 0) is 0 Å². The molecule has 2 heterocycles. The molecule has 1 aliphatic carbocycles. The first-order chi connectivity index (χ1) is 13.7. The molecule has 6 nitrogen and oxygen atoms in total. The van der Waals surface area contributed by atoms with E-state index >= 15 is 0 Å². The summed E-state index contributed by atoms with van der Waals surface area (Å²) in [7, 11) is 4.14. The summed E-state index contributed by atoms with van der Waals surface area (Å²) in [6.45, 7) is 10.5. The number of halogens is 1. The molecule has 2 saturated heterocycles. The Bertz CT molecular complexity index is 474. The molecule has 0 aromatic carbocycles. The summed E-state index contributed by atoms with van der Waals surface area (Å²) in [5.41, 5.74) is 0.353. The summed E-state index contributed by atoms with van der Waals surface area (Å²) in [6.07, 6.45) is 12.3. The highest BCUT2D eigenvalue weighted by molar-refractivity contribution is 14.0. The molecule has 2 N–H and O–H groups in total. The summed E-state index contributed by atoms with van der Waals surface area (Å²) < 4.78 is 0. The molecule has 0 radical (unpaired) electrons. The fraction of sp³-hybridized carbons (Fsp3) is 0.955. The van der Waals surface area contributed by atoms with Crippen LogP contribution in [0.15, 0.2) is 4.99 Å². The average Bonchev–Trinajstić information content (AvgIpc) is 2.96. The molecular formula is C22H45IN6. The van der Waals surface area contributed by atoms with Gasteiger partial charge in [-0.3, -0.25) is 9.89 Å². The van der Waals surface area contributed by atoms with Gasteiger partial charge >= 0.3 is 0 Å². The van der Waals surface area contributed by atoms with Crippen molar-refractivity contribution in [1.82, 2.24) is 25.3 Å². The quantitative estimate of drug-likeness (QED) is 0.321. The maximum atomic E-state index is 4.51. The van der Waals surface area contributed by atoms with E-state index < -0.39 is 0 Å². The van der Waals surface area contributed by atoms with Crippen LogP contribution in [0.25, 0.3) is 0 Å². The lowest BCUT2D eigenvalue weighted by Crippen LogP contribution is -2.59. The van der Waals surface area contributed by atoms with Crippen LogP contribution in [0.4, 0.5) is 0 Å². The number of rotatable bonds is 6.